The van der Waals surface area contributed by atoms with Crippen molar-refractivity contribution in [2.75, 3.05) is 0 Å². The van der Waals surface area contributed by atoms with Gasteiger partial charge in [-0.05, 0) is 12.1 Å². The minimum atomic E-state index is -0.439. The normalized spacial score (nSPS) is 10.3. The molecular formula is C8H4ClN3O2S2. The second-order valence-electron chi connectivity index (χ2n) is 2.71. The molecule has 0 radical (unpaired) electrons. The second-order valence-corrected chi connectivity index (χ2v) is 4.66. The Morgan fingerprint density at radius 2 is 2.00 bits per heavy atom. The molecule has 0 saturated carbocycles. The van der Waals surface area contributed by atoms with Crippen LogP contribution in [0.15, 0.2) is 34.2 Å². The number of benzene rings is 1. The van der Waals surface area contributed by atoms with E-state index >= 15 is 0 Å². The van der Waals surface area contributed by atoms with E-state index in [1.165, 1.54) is 23.9 Å². The third-order valence-corrected chi connectivity index (χ3v) is 3.79. The Balaban J connectivity index is 2.17. The van der Waals surface area contributed by atoms with Crippen molar-refractivity contribution in [3.63, 3.8) is 0 Å². The zero-order chi connectivity index (χ0) is 11.5. The summed E-state index contributed by atoms with van der Waals surface area (Å²) in [4.78, 5) is 10.8. The molecule has 0 aliphatic rings. The van der Waals surface area contributed by atoms with Crippen molar-refractivity contribution in [2.24, 2.45) is 0 Å². The first kappa shape index (κ1) is 11.3. The third-order valence-electron chi connectivity index (χ3n) is 1.68. The van der Waals surface area contributed by atoms with E-state index in [1.54, 1.807) is 12.1 Å². The van der Waals surface area contributed by atoms with Crippen LogP contribution in [-0.4, -0.2) is 13.7 Å². The number of halogens is 1. The van der Waals surface area contributed by atoms with Gasteiger partial charge >= 0.3 is 0 Å². The molecule has 1 aromatic carbocycles. The van der Waals surface area contributed by atoms with Gasteiger partial charge in [-0.1, -0.05) is 23.4 Å². The van der Waals surface area contributed by atoms with E-state index in [0.29, 0.717) is 10.2 Å². The summed E-state index contributed by atoms with van der Waals surface area (Å²) in [5.74, 6) is 0. The number of hydrogen-bond acceptors (Lipinski definition) is 6. The summed E-state index contributed by atoms with van der Waals surface area (Å²) in [6.45, 7) is 0. The molecule has 2 aromatic rings. The van der Waals surface area contributed by atoms with Crippen LogP contribution >= 0.6 is 35.1 Å². The molecule has 5 nitrogen and oxygen atoms in total. The molecule has 1 aromatic heterocycles. The Bertz CT molecular complexity index is 514. The van der Waals surface area contributed by atoms with Gasteiger partial charge in [0.25, 0.3) is 5.69 Å². The average molecular weight is 274 g/mol. The first-order valence-electron chi connectivity index (χ1n) is 4.07. The highest BCUT2D eigenvalue weighted by molar-refractivity contribution is 7.99. The quantitative estimate of drug-likeness (QED) is 0.634. The van der Waals surface area contributed by atoms with Crippen LogP contribution in [0.25, 0.3) is 0 Å². The van der Waals surface area contributed by atoms with Gasteiger partial charge in [-0.2, -0.15) is 8.75 Å². The predicted octanol–water partition coefficient (Wildman–Crippen LogP) is 3.25. The van der Waals surface area contributed by atoms with Crippen LogP contribution < -0.4 is 0 Å². The van der Waals surface area contributed by atoms with Crippen molar-refractivity contribution in [3.05, 3.63) is 39.5 Å². The molecule has 0 saturated heterocycles. The Labute approximate surface area is 104 Å². The van der Waals surface area contributed by atoms with Crippen LogP contribution in [0.2, 0.25) is 5.15 Å². The van der Waals surface area contributed by atoms with E-state index in [4.69, 9.17) is 11.6 Å². The van der Waals surface area contributed by atoms with E-state index in [1.807, 2.05) is 0 Å². The zero-order valence-corrected chi connectivity index (χ0v) is 10.1. The van der Waals surface area contributed by atoms with Gasteiger partial charge in [-0.3, -0.25) is 10.1 Å². The number of aromatic nitrogens is 2. The molecule has 16 heavy (non-hydrogen) atoms. The number of hydrogen-bond donors (Lipinski definition) is 0. The van der Waals surface area contributed by atoms with Gasteiger partial charge in [0.05, 0.1) is 16.7 Å². The van der Waals surface area contributed by atoms with Crippen LogP contribution in [-0.2, 0) is 0 Å². The SMILES string of the molecule is O=[N+]([O-])c1ccc(Sc2nsnc2Cl)cc1. The second kappa shape index (κ2) is 4.77. The summed E-state index contributed by atoms with van der Waals surface area (Å²) in [5, 5.41) is 11.4. The minimum absolute atomic E-state index is 0.0619. The fourth-order valence-electron chi connectivity index (χ4n) is 0.978. The molecule has 0 N–H and O–H groups in total. The zero-order valence-electron chi connectivity index (χ0n) is 7.66. The number of nitrogens with zero attached hydrogens (tertiary/aromatic N) is 3. The fraction of sp³-hybridized carbons (Fsp3) is 0. The summed E-state index contributed by atoms with van der Waals surface area (Å²) in [7, 11) is 0. The van der Waals surface area contributed by atoms with Crippen molar-refractivity contribution in [2.45, 2.75) is 9.92 Å². The van der Waals surface area contributed by atoms with Gasteiger partial charge < -0.3 is 0 Å². The molecule has 0 aliphatic carbocycles. The summed E-state index contributed by atoms with van der Waals surface area (Å²) in [6.07, 6.45) is 0. The van der Waals surface area contributed by atoms with Crippen LogP contribution in [0.3, 0.4) is 0 Å². The van der Waals surface area contributed by atoms with Crippen LogP contribution in [0.1, 0.15) is 0 Å². The van der Waals surface area contributed by atoms with Crippen LogP contribution in [0, 0.1) is 10.1 Å². The summed E-state index contributed by atoms with van der Waals surface area (Å²) < 4.78 is 7.82. The molecule has 0 atom stereocenters. The maximum atomic E-state index is 10.4. The molecule has 0 spiro atoms. The first-order chi connectivity index (χ1) is 7.66. The molecule has 2 rings (SSSR count). The lowest BCUT2D eigenvalue weighted by molar-refractivity contribution is -0.384. The van der Waals surface area contributed by atoms with Gasteiger partial charge in [0.1, 0.15) is 0 Å². The van der Waals surface area contributed by atoms with Crippen molar-refractivity contribution < 1.29 is 4.92 Å². The molecule has 82 valence electrons. The first-order valence-corrected chi connectivity index (χ1v) is 5.99. The van der Waals surface area contributed by atoms with Crippen LogP contribution in [0.5, 0.6) is 0 Å². The van der Waals surface area contributed by atoms with E-state index in [2.05, 4.69) is 8.75 Å². The summed E-state index contributed by atoms with van der Waals surface area (Å²) in [6, 6.07) is 6.18. The molecule has 1 heterocycles. The largest absolute Gasteiger partial charge is 0.269 e. The van der Waals surface area contributed by atoms with E-state index < -0.39 is 4.92 Å². The van der Waals surface area contributed by atoms with E-state index in [-0.39, 0.29) is 5.69 Å². The topological polar surface area (TPSA) is 68.9 Å². The van der Waals surface area contributed by atoms with Gasteiger partial charge in [-0.25, -0.2) is 0 Å². The fourth-order valence-corrected chi connectivity index (χ4v) is 2.57. The van der Waals surface area contributed by atoms with Crippen molar-refractivity contribution in [1.29, 1.82) is 0 Å². The number of nitro groups is 1. The molecule has 8 heteroatoms. The lowest BCUT2D eigenvalue weighted by atomic mass is 10.3. The lowest BCUT2D eigenvalue weighted by Gasteiger charge is -1.97. The Hall–Kier alpha value is -1.18. The molecule has 0 fully saturated rings. The molecule has 0 bridgehead atoms. The van der Waals surface area contributed by atoms with E-state index in [9.17, 15) is 10.1 Å². The standard InChI is InChI=1S/C8H4ClN3O2S2/c9-7-8(11-16-10-7)15-6-3-1-5(2-4-6)12(13)14/h1-4H. The van der Waals surface area contributed by atoms with Crippen molar-refractivity contribution in [3.8, 4) is 0 Å². The molecule has 0 aliphatic heterocycles. The third kappa shape index (κ3) is 2.49. The van der Waals surface area contributed by atoms with Gasteiger partial charge in [0.15, 0.2) is 10.2 Å². The Kier molecular flexibility index (Phi) is 3.37. The highest BCUT2D eigenvalue weighted by Crippen LogP contribution is 2.32. The Morgan fingerprint density at radius 1 is 1.31 bits per heavy atom. The minimum Gasteiger partial charge on any atom is -0.258 e. The molecule has 0 amide bonds. The number of nitro benzene ring substituents is 1. The summed E-state index contributed by atoms with van der Waals surface area (Å²) in [5.41, 5.74) is 0.0619. The average Bonchev–Trinajstić information content (AvgIpc) is 2.65. The molecule has 0 unspecified atom stereocenters. The Morgan fingerprint density at radius 3 is 2.50 bits per heavy atom. The maximum absolute atomic E-state index is 10.4. The van der Waals surface area contributed by atoms with Gasteiger partial charge in [-0.15, -0.1) is 0 Å². The van der Waals surface area contributed by atoms with Gasteiger partial charge in [0.2, 0.25) is 0 Å². The van der Waals surface area contributed by atoms with Crippen molar-refractivity contribution in [1.82, 2.24) is 8.75 Å². The smallest absolute Gasteiger partial charge is 0.258 e. The summed E-state index contributed by atoms with van der Waals surface area (Å²) >= 11 is 8.14. The lowest BCUT2D eigenvalue weighted by Crippen LogP contribution is -1.86. The highest BCUT2D eigenvalue weighted by Gasteiger charge is 2.09. The van der Waals surface area contributed by atoms with Crippen LogP contribution in [0.4, 0.5) is 5.69 Å². The predicted molar refractivity (Wildman–Crippen MR) is 62.1 cm³/mol. The number of non-ortho nitro benzene ring substituents is 1. The monoisotopic (exact) mass is 273 g/mol. The number of rotatable bonds is 3. The maximum Gasteiger partial charge on any atom is 0.269 e. The van der Waals surface area contributed by atoms with E-state index in [0.717, 1.165) is 16.6 Å². The van der Waals surface area contributed by atoms with Crippen molar-refractivity contribution >= 4 is 40.8 Å². The highest BCUT2D eigenvalue weighted by atomic mass is 35.5. The molecular weight excluding hydrogens is 270 g/mol. The van der Waals surface area contributed by atoms with Gasteiger partial charge in [0, 0.05) is 17.0 Å².